The normalized spacial score (nSPS) is 13.8. The number of nitrogens with one attached hydrogen (secondary N) is 1. The van der Waals surface area contributed by atoms with Crippen LogP contribution in [0, 0.1) is 5.82 Å². The van der Waals surface area contributed by atoms with Crippen LogP contribution >= 0.6 is 7.52 Å². The van der Waals surface area contributed by atoms with Crippen molar-refractivity contribution in [2.75, 3.05) is 6.61 Å². The molecule has 0 saturated heterocycles. The summed E-state index contributed by atoms with van der Waals surface area (Å²) in [7, 11) is -3.32. The lowest BCUT2D eigenvalue weighted by Gasteiger charge is -2.21. The molecule has 1 unspecified atom stereocenters. The van der Waals surface area contributed by atoms with E-state index in [1.54, 1.807) is 37.3 Å². The number of hydrogen-bond acceptors (Lipinski definition) is 2. The van der Waals surface area contributed by atoms with Crippen LogP contribution in [0.3, 0.4) is 0 Å². The molecule has 1 atom stereocenters. The molecule has 0 aliphatic rings. The zero-order valence-corrected chi connectivity index (χ0v) is 14.3. The minimum absolute atomic E-state index is 0.296. The third-order valence-corrected chi connectivity index (χ3v) is 6.03. The largest absolute Gasteiger partial charge is 0.315 e. The van der Waals surface area contributed by atoms with Gasteiger partial charge in [0.05, 0.1) is 11.9 Å². The maximum Gasteiger partial charge on any atom is 0.300 e. The van der Waals surface area contributed by atoms with Gasteiger partial charge in [-0.2, -0.15) is 0 Å². The van der Waals surface area contributed by atoms with E-state index >= 15 is 0 Å². The van der Waals surface area contributed by atoms with Crippen LogP contribution in [0.1, 0.15) is 12.5 Å². The number of fused-ring (bicyclic) bond motifs is 1. The van der Waals surface area contributed by atoms with Crippen LogP contribution in [-0.2, 0) is 15.6 Å². The van der Waals surface area contributed by atoms with Gasteiger partial charge in [-0.3, -0.25) is 4.57 Å². The van der Waals surface area contributed by atoms with Gasteiger partial charge in [0.25, 0.3) is 0 Å². The van der Waals surface area contributed by atoms with Gasteiger partial charge in [0.1, 0.15) is 5.82 Å². The standard InChI is InChI=1S/C19H19FNO2P/c1-2-23-24(22,21-14-15-8-4-3-5-9-15)19-13-12-18(20)16-10-6-7-11-17(16)19/h3-13H,2,14H2,1H3,(H,21,22). The van der Waals surface area contributed by atoms with Gasteiger partial charge < -0.3 is 4.52 Å². The average Bonchev–Trinajstić information content (AvgIpc) is 2.62. The van der Waals surface area contributed by atoms with E-state index in [1.807, 2.05) is 30.3 Å². The lowest BCUT2D eigenvalue weighted by Crippen LogP contribution is -2.22. The Labute approximate surface area is 141 Å². The molecule has 0 amide bonds. The fourth-order valence-corrected chi connectivity index (χ4v) is 4.61. The Kier molecular flexibility index (Phi) is 5.10. The number of rotatable bonds is 6. The van der Waals surface area contributed by atoms with Crippen LogP contribution in [0.2, 0.25) is 0 Å². The second kappa shape index (κ2) is 7.27. The quantitative estimate of drug-likeness (QED) is 0.664. The van der Waals surface area contributed by atoms with Gasteiger partial charge in [0.15, 0.2) is 0 Å². The highest BCUT2D eigenvalue weighted by molar-refractivity contribution is 7.65. The fourth-order valence-electron chi connectivity index (χ4n) is 2.68. The molecule has 0 spiro atoms. The van der Waals surface area contributed by atoms with Crippen molar-refractivity contribution in [2.24, 2.45) is 0 Å². The Morgan fingerprint density at radius 1 is 0.958 bits per heavy atom. The smallest absolute Gasteiger partial charge is 0.300 e. The molecule has 0 radical (unpaired) electrons. The summed E-state index contributed by atoms with van der Waals surface area (Å²) >= 11 is 0. The highest BCUT2D eigenvalue weighted by atomic mass is 31.2. The predicted octanol–water partition coefficient (Wildman–Crippen LogP) is 4.62. The molecule has 24 heavy (non-hydrogen) atoms. The molecule has 0 aromatic heterocycles. The molecule has 0 fully saturated rings. The molecule has 0 saturated carbocycles. The van der Waals surface area contributed by atoms with Gasteiger partial charge in [-0.15, -0.1) is 0 Å². The monoisotopic (exact) mass is 343 g/mol. The summed E-state index contributed by atoms with van der Waals surface area (Å²) in [5.41, 5.74) is 1.00. The van der Waals surface area contributed by atoms with E-state index in [1.165, 1.54) is 6.07 Å². The summed E-state index contributed by atoms with van der Waals surface area (Å²) in [4.78, 5) is 0. The zero-order chi connectivity index (χ0) is 17.0. The minimum Gasteiger partial charge on any atom is -0.315 e. The van der Waals surface area contributed by atoms with Gasteiger partial charge in [-0.05, 0) is 30.0 Å². The van der Waals surface area contributed by atoms with E-state index in [-0.39, 0.29) is 5.82 Å². The van der Waals surface area contributed by atoms with Crippen molar-refractivity contribution in [3.63, 3.8) is 0 Å². The van der Waals surface area contributed by atoms with Crippen molar-refractivity contribution in [3.05, 3.63) is 78.1 Å². The lowest BCUT2D eigenvalue weighted by molar-refractivity contribution is 0.332. The van der Waals surface area contributed by atoms with Gasteiger partial charge in [-0.1, -0.05) is 54.6 Å². The Morgan fingerprint density at radius 3 is 2.33 bits per heavy atom. The molecule has 0 aliphatic carbocycles. The SMILES string of the molecule is CCOP(=O)(NCc1ccccc1)c1ccc(F)c2ccccc12. The summed E-state index contributed by atoms with van der Waals surface area (Å²) < 4.78 is 33.1. The molecule has 0 heterocycles. The van der Waals surface area contributed by atoms with E-state index in [4.69, 9.17) is 4.52 Å². The van der Waals surface area contributed by atoms with E-state index in [0.29, 0.717) is 29.2 Å². The Hall–Kier alpha value is -2.00. The first-order valence-corrected chi connectivity index (χ1v) is 9.48. The van der Waals surface area contributed by atoms with E-state index < -0.39 is 7.52 Å². The molecule has 3 rings (SSSR count). The van der Waals surface area contributed by atoms with E-state index in [9.17, 15) is 8.96 Å². The second-order valence-corrected chi connectivity index (χ2v) is 7.56. The topological polar surface area (TPSA) is 38.3 Å². The van der Waals surface area contributed by atoms with Crippen LogP contribution in [0.25, 0.3) is 10.8 Å². The first-order chi connectivity index (χ1) is 11.6. The maximum atomic E-state index is 14.0. The summed E-state index contributed by atoms with van der Waals surface area (Å²) in [6, 6.07) is 19.6. The summed E-state index contributed by atoms with van der Waals surface area (Å²) in [5.74, 6) is -0.333. The first kappa shape index (κ1) is 16.8. The molecule has 0 aliphatic heterocycles. The third kappa shape index (κ3) is 3.41. The molecule has 5 heteroatoms. The first-order valence-electron chi connectivity index (χ1n) is 7.85. The van der Waals surface area contributed by atoms with E-state index in [2.05, 4.69) is 5.09 Å². The van der Waals surface area contributed by atoms with Crippen molar-refractivity contribution in [1.29, 1.82) is 0 Å². The van der Waals surface area contributed by atoms with Gasteiger partial charge >= 0.3 is 7.52 Å². The molecule has 3 nitrogen and oxygen atoms in total. The molecule has 3 aromatic carbocycles. The number of halogens is 1. The van der Waals surface area contributed by atoms with Gasteiger partial charge in [-0.25, -0.2) is 9.48 Å². The highest BCUT2D eigenvalue weighted by Crippen LogP contribution is 2.43. The average molecular weight is 343 g/mol. The third-order valence-electron chi connectivity index (χ3n) is 3.81. The predicted molar refractivity (Wildman–Crippen MR) is 96.1 cm³/mol. The van der Waals surface area contributed by atoms with Crippen LogP contribution in [0.15, 0.2) is 66.7 Å². The summed E-state index contributed by atoms with van der Waals surface area (Å²) in [6.45, 7) is 2.50. The van der Waals surface area contributed by atoms with Gasteiger partial charge in [0, 0.05) is 11.9 Å². The minimum atomic E-state index is -3.32. The van der Waals surface area contributed by atoms with Gasteiger partial charge in [0.2, 0.25) is 0 Å². The Bertz CT molecular complexity index is 883. The molecule has 3 aromatic rings. The van der Waals surface area contributed by atoms with Crippen molar-refractivity contribution < 1.29 is 13.5 Å². The fraction of sp³-hybridized carbons (Fsp3) is 0.158. The van der Waals surface area contributed by atoms with E-state index in [0.717, 1.165) is 5.56 Å². The summed E-state index contributed by atoms with van der Waals surface area (Å²) in [6.07, 6.45) is 0. The van der Waals surface area contributed by atoms with Crippen LogP contribution in [0.4, 0.5) is 4.39 Å². The molecular weight excluding hydrogens is 324 g/mol. The van der Waals surface area contributed by atoms with Crippen LogP contribution < -0.4 is 10.4 Å². The maximum absolute atomic E-state index is 14.0. The van der Waals surface area contributed by atoms with Crippen molar-refractivity contribution in [3.8, 4) is 0 Å². The Balaban J connectivity index is 2.01. The molecule has 124 valence electrons. The lowest BCUT2D eigenvalue weighted by atomic mass is 10.1. The second-order valence-electron chi connectivity index (χ2n) is 5.40. The molecule has 0 bridgehead atoms. The molecular formula is C19H19FNO2P. The number of benzene rings is 3. The Morgan fingerprint density at radius 2 is 1.62 bits per heavy atom. The van der Waals surface area contributed by atoms with Crippen molar-refractivity contribution in [1.82, 2.24) is 5.09 Å². The zero-order valence-electron chi connectivity index (χ0n) is 13.4. The van der Waals surface area contributed by atoms with Crippen LogP contribution in [0.5, 0.6) is 0 Å². The van der Waals surface area contributed by atoms with Crippen LogP contribution in [-0.4, -0.2) is 6.61 Å². The highest BCUT2D eigenvalue weighted by Gasteiger charge is 2.27. The van der Waals surface area contributed by atoms with Crippen molar-refractivity contribution >= 4 is 23.6 Å². The number of hydrogen-bond donors (Lipinski definition) is 1. The summed E-state index contributed by atoms with van der Waals surface area (Å²) in [5, 5.41) is 4.60. The molecule has 1 N–H and O–H groups in total. The van der Waals surface area contributed by atoms with Crippen molar-refractivity contribution in [2.45, 2.75) is 13.5 Å².